The van der Waals surface area contributed by atoms with Gasteiger partial charge >= 0.3 is 11.9 Å². The zero-order valence-electron chi connectivity index (χ0n) is 33.1. The van der Waals surface area contributed by atoms with Crippen molar-refractivity contribution in [1.29, 1.82) is 0 Å². The summed E-state index contributed by atoms with van der Waals surface area (Å²) in [6.45, 7) is 0.215. The third-order valence-corrected chi connectivity index (χ3v) is 8.13. The molecule has 0 bridgehead atoms. The van der Waals surface area contributed by atoms with Crippen molar-refractivity contribution in [3.05, 3.63) is 0 Å². The van der Waals surface area contributed by atoms with Crippen LogP contribution in [-0.4, -0.2) is 155 Å². The largest absolute Gasteiger partial charge is 0.481 e. The highest BCUT2D eigenvalue weighted by atomic mass is 16.4. The van der Waals surface area contributed by atoms with Gasteiger partial charge in [-0.1, -0.05) is 0 Å². The van der Waals surface area contributed by atoms with Crippen LogP contribution in [0.5, 0.6) is 0 Å². The van der Waals surface area contributed by atoms with Crippen molar-refractivity contribution in [2.75, 3.05) is 26.2 Å². The van der Waals surface area contributed by atoms with Gasteiger partial charge in [0, 0.05) is 12.8 Å². The van der Waals surface area contributed by atoms with E-state index in [1.807, 2.05) is 10.6 Å². The van der Waals surface area contributed by atoms with Crippen molar-refractivity contribution in [2.45, 2.75) is 108 Å². The fourth-order valence-corrected chi connectivity index (χ4v) is 4.73. The van der Waals surface area contributed by atoms with Gasteiger partial charge in [0.25, 0.3) is 0 Å². The summed E-state index contributed by atoms with van der Waals surface area (Å²) in [4.78, 5) is 146. The molecule has 0 aliphatic heterocycles. The molecule has 0 aromatic carbocycles. The van der Waals surface area contributed by atoms with Crippen LogP contribution in [0.3, 0.4) is 0 Å². The van der Waals surface area contributed by atoms with Crippen LogP contribution < -0.4 is 65.5 Å². The normalized spacial score (nSPS) is 14.2. The molecule has 0 saturated heterocycles. The van der Waals surface area contributed by atoms with Gasteiger partial charge in [-0.25, -0.2) is 4.79 Å². The van der Waals surface area contributed by atoms with Crippen molar-refractivity contribution < 1.29 is 72.9 Å². The van der Waals surface area contributed by atoms with Crippen LogP contribution in [-0.2, 0) is 57.5 Å². The van der Waals surface area contributed by atoms with Gasteiger partial charge in [-0.15, -0.1) is 0 Å². The third kappa shape index (κ3) is 22.5. The van der Waals surface area contributed by atoms with E-state index in [1.54, 1.807) is 0 Å². The van der Waals surface area contributed by atoms with E-state index in [4.69, 9.17) is 33.1 Å². The highest BCUT2D eigenvalue weighted by Crippen LogP contribution is 2.05. The molecule has 0 fully saturated rings. The maximum absolute atomic E-state index is 13.2. The molecule has 27 nitrogen and oxygen atoms in total. The molecule has 0 saturated carbocycles. The second-order valence-corrected chi connectivity index (χ2v) is 13.3. The summed E-state index contributed by atoms with van der Waals surface area (Å²) in [7, 11) is 0. The minimum Gasteiger partial charge on any atom is -0.481 e. The molecular formula is C33H56N12O15. The predicted octanol–water partition coefficient (Wildman–Crippen LogP) is -8.29. The first-order chi connectivity index (χ1) is 28.0. The molecule has 19 N–H and O–H groups in total. The summed E-state index contributed by atoms with van der Waals surface area (Å²) in [5.41, 5.74) is 21.4. The highest BCUT2D eigenvalue weighted by molar-refractivity contribution is 5.97. The minimum atomic E-state index is -1.75. The van der Waals surface area contributed by atoms with E-state index in [-0.39, 0.29) is 32.2 Å². The molecule has 7 atom stereocenters. The van der Waals surface area contributed by atoms with Crippen molar-refractivity contribution in [1.82, 2.24) is 42.5 Å². The number of nitrogens with one attached hydrogen (secondary N) is 8. The number of rotatable bonds is 30. The smallest absolute Gasteiger partial charge is 0.326 e. The summed E-state index contributed by atoms with van der Waals surface area (Å²) in [5.74, 6) is -12.3. The summed E-state index contributed by atoms with van der Waals surface area (Å²) in [5, 5.41) is 45.2. The van der Waals surface area contributed by atoms with Crippen molar-refractivity contribution in [3.63, 3.8) is 0 Å². The van der Waals surface area contributed by atoms with Gasteiger partial charge < -0.3 is 80.8 Å². The van der Waals surface area contributed by atoms with E-state index in [2.05, 4.69) is 31.9 Å². The van der Waals surface area contributed by atoms with Crippen molar-refractivity contribution in [2.24, 2.45) is 22.9 Å². The lowest BCUT2D eigenvalue weighted by Gasteiger charge is -2.24. The van der Waals surface area contributed by atoms with Crippen LogP contribution in [0.2, 0.25) is 0 Å². The summed E-state index contributed by atoms with van der Waals surface area (Å²) >= 11 is 0. The Morgan fingerprint density at radius 2 is 1.05 bits per heavy atom. The topological polar surface area (TPSA) is 466 Å². The van der Waals surface area contributed by atoms with E-state index >= 15 is 0 Å². The van der Waals surface area contributed by atoms with Gasteiger partial charge in [-0.3, -0.25) is 52.7 Å². The van der Waals surface area contributed by atoms with E-state index in [0.29, 0.717) is 12.8 Å². The number of carbonyl (C=O) groups is 12. The summed E-state index contributed by atoms with van der Waals surface area (Å²) < 4.78 is 0. The third-order valence-electron chi connectivity index (χ3n) is 8.13. The van der Waals surface area contributed by atoms with Crippen LogP contribution in [0.25, 0.3) is 0 Å². The summed E-state index contributed by atoms with van der Waals surface area (Å²) in [6, 6.07) is -9.96. The zero-order valence-corrected chi connectivity index (χ0v) is 33.1. The average molecular weight is 861 g/mol. The SMILES string of the molecule is CC(NC(=O)C(N)CCC(=O)O)C(=O)NC(CCCCN)C(=O)NC(C)C(=O)NC(CCC(N)=O)C(=O)NCC(=O)NCC(=O)NC(CO)C(=O)NC(CC(N)=O)C(=O)O. The van der Waals surface area contributed by atoms with Crippen LogP contribution in [0.15, 0.2) is 0 Å². The standard InChI is InChI=1S/C33H56N12O15/c1-15(40-29(55)17(35)6-9-26(51)52)27(53)43-18(5-3-4-10-34)31(57)41-16(2)28(54)44-19(7-8-22(36)47)30(56)39-12-24(49)38-13-25(50)42-21(14-46)32(58)45-20(33(59)60)11-23(37)48/h15-21,46H,3-14,34-35H2,1-2H3,(H2,36,47)(H2,37,48)(H,38,49)(H,39,56)(H,40,55)(H,41,57)(H,42,50)(H,43,53)(H,44,54)(H,45,58)(H,51,52)(H,59,60). The molecule has 7 unspecified atom stereocenters. The molecule has 0 radical (unpaired) electrons. The minimum absolute atomic E-state index is 0.0538. The molecule has 0 aliphatic carbocycles. The second kappa shape index (κ2) is 28.0. The fourth-order valence-electron chi connectivity index (χ4n) is 4.73. The molecule has 10 amide bonds. The number of primary amides is 2. The number of aliphatic hydroxyl groups excluding tert-OH is 1. The van der Waals surface area contributed by atoms with Gasteiger partial charge in [0.1, 0.15) is 36.3 Å². The number of aliphatic carboxylic acids is 2. The Kier molecular flexibility index (Phi) is 25.0. The predicted molar refractivity (Wildman–Crippen MR) is 204 cm³/mol. The number of hydrogen-bond donors (Lipinski definition) is 15. The number of aliphatic hydroxyl groups is 1. The first-order valence-electron chi connectivity index (χ1n) is 18.5. The van der Waals surface area contributed by atoms with E-state index < -0.39 is 146 Å². The number of nitrogens with two attached hydrogens (primary N) is 4. The second-order valence-electron chi connectivity index (χ2n) is 13.3. The Morgan fingerprint density at radius 3 is 1.55 bits per heavy atom. The maximum atomic E-state index is 13.2. The number of carbonyl (C=O) groups excluding carboxylic acids is 10. The van der Waals surface area contributed by atoms with Gasteiger partial charge in [0.05, 0.1) is 32.2 Å². The highest BCUT2D eigenvalue weighted by Gasteiger charge is 2.30. The van der Waals surface area contributed by atoms with Crippen LogP contribution >= 0.6 is 0 Å². The fraction of sp³-hybridized carbons (Fsp3) is 0.636. The van der Waals surface area contributed by atoms with Crippen LogP contribution in [0.4, 0.5) is 0 Å². The average Bonchev–Trinajstić information content (AvgIpc) is 3.17. The molecule has 0 aromatic rings. The summed E-state index contributed by atoms with van der Waals surface area (Å²) in [6.07, 6.45) is -1.25. The Hall–Kier alpha value is -6.48. The van der Waals surface area contributed by atoms with Gasteiger partial charge in [0.2, 0.25) is 59.1 Å². The van der Waals surface area contributed by atoms with Crippen molar-refractivity contribution >= 4 is 71.0 Å². The molecule has 0 heterocycles. The number of carboxylic acids is 2. The number of unbranched alkanes of at least 4 members (excludes halogenated alkanes) is 1. The van der Waals surface area contributed by atoms with E-state index in [0.717, 1.165) is 0 Å². The molecule has 27 heteroatoms. The monoisotopic (exact) mass is 860 g/mol. The lowest BCUT2D eigenvalue weighted by molar-refractivity contribution is -0.144. The lowest BCUT2D eigenvalue weighted by atomic mass is 10.1. The first kappa shape index (κ1) is 53.5. The van der Waals surface area contributed by atoms with E-state index in [9.17, 15) is 62.6 Å². The number of carboxylic acid groups (broad SMARTS) is 2. The Morgan fingerprint density at radius 1 is 0.533 bits per heavy atom. The number of amides is 10. The van der Waals surface area contributed by atoms with E-state index in [1.165, 1.54) is 13.8 Å². The van der Waals surface area contributed by atoms with Crippen LogP contribution in [0, 0.1) is 0 Å². The first-order valence-corrected chi connectivity index (χ1v) is 18.5. The van der Waals surface area contributed by atoms with Crippen LogP contribution in [0.1, 0.15) is 65.2 Å². The zero-order chi connectivity index (χ0) is 46.1. The molecule has 338 valence electrons. The molecular weight excluding hydrogens is 804 g/mol. The van der Waals surface area contributed by atoms with Gasteiger partial charge in [-0.05, 0) is 52.5 Å². The molecule has 60 heavy (non-hydrogen) atoms. The number of hydrogen-bond acceptors (Lipinski definition) is 15. The molecule has 0 aromatic heterocycles. The Bertz CT molecular complexity index is 1580. The van der Waals surface area contributed by atoms with Gasteiger partial charge in [-0.2, -0.15) is 0 Å². The molecule has 0 aliphatic rings. The quantitative estimate of drug-likeness (QED) is 0.0298. The molecule has 0 spiro atoms. The van der Waals surface area contributed by atoms with Crippen molar-refractivity contribution in [3.8, 4) is 0 Å². The Balaban J connectivity index is 5.43. The lowest BCUT2D eigenvalue weighted by Crippen LogP contribution is -2.58. The Labute approximate surface area is 342 Å². The maximum Gasteiger partial charge on any atom is 0.326 e. The van der Waals surface area contributed by atoms with Gasteiger partial charge in [0.15, 0.2) is 0 Å². The molecule has 0 rings (SSSR count).